The van der Waals surface area contributed by atoms with Crippen molar-refractivity contribution < 1.29 is 9.53 Å². The molecule has 2 aromatic rings. The zero-order valence-corrected chi connectivity index (χ0v) is 12.8. The van der Waals surface area contributed by atoms with Gasteiger partial charge in [-0.2, -0.15) is 10.2 Å². The monoisotopic (exact) mass is 313 g/mol. The van der Waals surface area contributed by atoms with Gasteiger partial charge in [0.2, 0.25) is 0 Å². The lowest BCUT2D eigenvalue weighted by Gasteiger charge is -2.23. The van der Waals surface area contributed by atoms with Crippen LogP contribution in [0.15, 0.2) is 43.5 Å². The van der Waals surface area contributed by atoms with Gasteiger partial charge < -0.3 is 14.2 Å². The maximum atomic E-state index is 12.7. The lowest BCUT2D eigenvalue weighted by molar-refractivity contribution is 0.0637. The van der Waals surface area contributed by atoms with Gasteiger partial charge in [0.25, 0.3) is 5.91 Å². The SMILES string of the molecule is C=CCOC[C@@H]1CN(C(=O)c2ccnnc2)Cc2nccn2C1. The van der Waals surface area contributed by atoms with Crippen molar-refractivity contribution in [3.63, 3.8) is 0 Å². The van der Waals surface area contributed by atoms with Crippen molar-refractivity contribution in [2.75, 3.05) is 19.8 Å². The molecule has 3 heterocycles. The van der Waals surface area contributed by atoms with E-state index in [2.05, 4.69) is 26.3 Å². The Morgan fingerprint density at radius 2 is 2.30 bits per heavy atom. The van der Waals surface area contributed by atoms with Crippen LogP contribution in [0.1, 0.15) is 16.2 Å². The number of fused-ring (bicyclic) bond motifs is 1. The number of rotatable bonds is 5. The molecule has 1 aliphatic rings. The Balaban J connectivity index is 1.79. The molecule has 0 bridgehead atoms. The maximum Gasteiger partial charge on any atom is 0.255 e. The van der Waals surface area contributed by atoms with E-state index < -0.39 is 0 Å². The average Bonchev–Trinajstić information content (AvgIpc) is 2.94. The first-order valence-corrected chi connectivity index (χ1v) is 7.52. The number of imidazole rings is 1. The topological polar surface area (TPSA) is 73.1 Å². The summed E-state index contributed by atoms with van der Waals surface area (Å²) in [4.78, 5) is 18.9. The van der Waals surface area contributed by atoms with Crippen molar-refractivity contribution >= 4 is 5.91 Å². The summed E-state index contributed by atoms with van der Waals surface area (Å²) < 4.78 is 7.67. The predicted molar refractivity (Wildman–Crippen MR) is 83.5 cm³/mol. The molecule has 23 heavy (non-hydrogen) atoms. The number of aromatic nitrogens is 4. The Bertz CT molecular complexity index is 670. The van der Waals surface area contributed by atoms with Gasteiger partial charge in [-0.15, -0.1) is 6.58 Å². The molecule has 7 nitrogen and oxygen atoms in total. The summed E-state index contributed by atoms with van der Waals surface area (Å²) in [6.07, 6.45) is 8.45. The number of carbonyl (C=O) groups excluding carboxylic acids is 1. The van der Waals surface area contributed by atoms with Crippen molar-refractivity contribution in [3.05, 3.63) is 54.9 Å². The molecule has 120 valence electrons. The summed E-state index contributed by atoms with van der Waals surface area (Å²) in [6.45, 7) is 6.61. The van der Waals surface area contributed by atoms with E-state index in [9.17, 15) is 4.79 Å². The van der Waals surface area contributed by atoms with E-state index in [-0.39, 0.29) is 11.8 Å². The molecule has 1 atom stereocenters. The molecular weight excluding hydrogens is 294 g/mol. The third kappa shape index (κ3) is 3.62. The third-order valence-electron chi connectivity index (χ3n) is 3.78. The van der Waals surface area contributed by atoms with E-state index in [0.29, 0.717) is 31.9 Å². The molecule has 2 aromatic heterocycles. The van der Waals surface area contributed by atoms with Crippen LogP contribution in [0.3, 0.4) is 0 Å². The second-order valence-electron chi connectivity index (χ2n) is 5.50. The van der Waals surface area contributed by atoms with Crippen LogP contribution in [0, 0.1) is 5.92 Å². The number of carbonyl (C=O) groups is 1. The fourth-order valence-corrected chi connectivity index (χ4v) is 2.72. The van der Waals surface area contributed by atoms with E-state index in [1.807, 2.05) is 6.20 Å². The van der Waals surface area contributed by atoms with Crippen LogP contribution in [0.25, 0.3) is 0 Å². The van der Waals surface area contributed by atoms with Crippen molar-refractivity contribution in [2.24, 2.45) is 5.92 Å². The van der Waals surface area contributed by atoms with Gasteiger partial charge in [-0.05, 0) is 6.07 Å². The summed E-state index contributed by atoms with van der Waals surface area (Å²) in [5.41, 5.74) is 0.533. The summed E-state index contributed by atoms with van der Waals surface area (Å²) >= 11 is 0. The van der Waals surface area contributed by atoms with Crippen LogP contribution in [-0.2, 0) is 17.8 Å². The zero-order chi connectivity index (χ0) is 16.1. The number of hydrogen-bond donors (Lipinski definition) is 0. The van der Waals surface area contributed by atoms with Gasteiger partial charge in [-0.25, -0.2) is 4.98 Å². The highest BCUT2D eigenvalue weighted by molar-refractivity contribution is 5.93. The van der Waals surface area contributed by atoms with Gasteiger partial charge in [0.15, 0.2) is 0 Å². The van der Waals surface area contributed by atoms with Crippen molar-refractivity contribution in [1.82, 2.24) is 24.6 Å². The predicted octanol–water partition coefficient (Wildman–Crippen LogP) is 1.15. The molecular formula is C16H19N5O2. The van der Waals surface area contributed by atoms with Crippen LogP contribution in [-0.4, -0.2) is 50.3 Å². The highest BCUT2D eigenvalue weighted by Gasteiger charge is 2.26. The van der Waals surface area contributed by atoms with Crippen LogP contribution in [0.5, 0.6) is 0 Å². The molecule has 0 saturated heterocycles. The Morgan fingerprint density at radius 1 is 1.39 bits per heavy atom. The quantitative estimate of drug-likeness (QED) is 0.611. The van der Waals surface area contributed by atoms with Crippen LogP contribution >= 0.6 is 0 Å². The molecule has 1 aliphatic heterocycles. The van der Waals surface area contributed by atoms with Gasteiger partial charge in [0.1, 0.15) is 5.82 Å². The van der Waals surface area contributed by atoms with Crippen molar-refractivity contribution in [3.8, 4) is 0 Å². The standard InChI is InChI=1S/C16H19N5O2/c1-2-7-23-12-13-9-20-6-5-17-15(20)11-21(10-13)16(22)14-3-4-18-19-8-14/h2-6,8,13H,1,7,9-12H2/t13-/m0/s1. The Hall–Kier alpha value is -2.54. The molecule has 0 spiro atoms. The minimum atomic E-state index is -0.0647. The van der Waals surface area contributed by atoms with Crippen LogP contribution < -0.4 is 0 Å². The van der Waals surface area contributed by atoms with Gasteiger partial charge >= 0.3 is 0 Å². The molecule has 0 unspecified atom stereocenters. The lowest BCUT2D eigenvalue weighted by Crippen LogP contribution is -2.35. The fraction of sp³-hybridized carbons (Fsp3) is 0.375. The molecule has 0 fully saturated rings. The average molecular weight is 313 g/mol. The van der Waals surface area contributed by atoms with Gasteiger partial charge in [0.05, 0.1) is 37.7 Å². The Kier molecular flexibility index (Phi) is 4.77. The Morgan fingerprint density at radius 3 is 3.09 bits per heavy atom. The largest absolute Gasteiger partial charge is 0.377 e. The van der Waals surface area contributed by atoms with Gasteiger partial charge in [-0.3, -0.25) is 4.79 Å². The van der Waals surface area contributed by atoms with E-state index in [4.69, 9.17) is 4.74 Å². The van der Waals surface area contributed by atoms with E-state index in [0.717, 1.165) is 12.4 Å². The van der Waals surface area contributed by atoms with Crippen molar-refractivity contribution in [1.29, 1.82) is 0 Å². The molecule has 0 N–H and O–H groups in total. The summed E-state index contributed by atoms with van der Waals surface area (Å²) in [6, 6.07) is 1.68. The first-order valence-electron chi connectivity index (χ1n) is 7.52. The van der Waals surface area contributed by atoms with Crippen LogP contribution in [0.4, 0.5) is 0 Å². The molecule has 0 radical (unpaired) electrons. The summed E-state index contributed by atoms with van der Waals surface area (Å²) in [7, 11) is 0. The van der Waals surface area contributed by atoms with Crippen LogP contribution in [0.2, 0.25) is 0 Å². The van der Waals surface area contributed by atoms with E-state index in [1.54, 1.807) is 23.2 Å². The first-order chi connectivity index (χ1) is 11.3. The molecule has 3 rings (SSSR count). The van der Waals surface area contributed by atoms with Gasteiger partial charge in [-0.1, -0.05) is 6.08 Å². The summed E-state index contributed by atoms with van der Waals surface area (Å²) in [5, 5.41) is 7.50. The van der Waals surface area contributed by atoms with Crippen molar-refractivity contribution in [2.45, 2.75) is 13.1 Å². The molecule has 0 saturated carbocycles. The zero-order valence-electron chi connectivity index (χ0n) is 12.8. The first kappa shape index (κ1) is 15.4. The third-order valence-corrected chi connectivity index (χ3v) is 3.78. The Labute approximate surface area is 134 Å². The second kappa shape index (κ2) is 7.15. The minimum Gasteiger partial charge on any atom is -0.377 e. The van der Waals surface area contributed by atoms with E-state index in [1.165, 1.54) is 12.4 Å². The highest BCUT2D eigenvalue weighted by atomic mass is 16.5. The molecule has 7 heteroatoms. The fourth-order valence-electron chi connectivity index (χ4n) is 2.72. The summed E-state index contributed by atoms with van der Waals surface area (Å²) in [5.74, 6) is 1.01. The van der Waals surface area contributed by atoms with E-state index >= 15 is 0 Å². The molecule has 1 amide bonds. The smallest absolute Gasteiger partial charge is 0.255 e. The number of amides is 1. The molecule has 0 aromatic carbocycles. The normalized spacial score (nSPS) is 17.4. The minimum absolute atomic E-state index is 0.0647. The highest BCUT2D eigenvalue weighted by Crippen LogP contribution is 2.18. The maximum absolute atomic E-state index is 12.7. The lowest BCUT2D eigenvalue weighted by atomic mass is 10.1. The second-order valence-corrected chi connectivity index (χ2v) is 5.50. The number of ether oxygens (including phenoxy) is 1. The number of nitrogens with zero attached hydrogens (tertiary/aromatic N) is 5. The molecule has 0 aliphatic carbocycles. The van der Waals surface area contributed by atoms with Gasteiger partial charge in [0, 0.05) is 31.4 Å². The number of hydrogen-bond acceptors (Lipinski definition) is 5.